The SMILES string of the molecule is CCCNCc1cccc(OCCCS(=O)(=O)CC)c1. The molecule has 0 spiro atoms. The lowest BCUT2D eigenvalue weighted by molar-refractivity contribution is 0.317. The molecule has 0 heterocycles. The van der Waals surface area contributed by atoms with E-state index >= 15 is 0 Å². The van der Waals surface area contributed by atoms with Gasteiger partial charge >= 0.3 is 0 Å². The predicted octanol–water partition coefficient (Wildman–Crippen LogP) is 2.39. The second-order valence-electron chi connectivity index (χ2n) is 4.76. The van der Waals surface area contributed by atoms with E-state index in [1.165, 1.54) is 5.56 Å². The third kappa shape index (κ3) is 6.91. The van der Waals surface area contributed by atoms with Crippen LogP contribution in [0.3, 0.4) is 0 Å². The molecule has 0 radical (unpaired) electrons. The number of sulfone groups is 1. The van der Waals surface area contributed by atoms with Gasteiger partial charge in [-0.05, 0) is 37.1 Å². The number of hydrogen-bond acceptors (Lipinski definition) is 4. The number of nitrogens with one attached hydrogen (secondary N) is 1. The van der Waals surface area contributed by atoms with Crippen LogP contribution in [0.5, 0.6) is 5.75 Å². The normalized spacial score (nSPS) is 11.5. The molecule has 1 rings (SSSR count). The summed E-state index contributed by atoms with van der Waals surface area (Å²) in [6, 6.07) is 7.91. The monoisotopic (exact) mass is 299 g/mol. The Morgan fingerprint density at radius 2 is 2.05 bits per heavy atom. The average Bonchev–Trinajstić information content (AvgIpc) is 2.45. The predicted molar refractivity (Wildman–Crippen MR) is 82.9 cm³/mol. The average molecular weight is 299 g/mol. The molecule has 1 N–H and O–H groups in total. The summed E-state index contributed by atoms with van der Waals surface area (Å²) < 4.78 is 28.3. The molecule has 4 nitrogen and oxygen atoms in total. The maximum absolute atomic E-state index is 11.3. The van der Waals surface area contributed by atoms with Crippen molar-refractivity contribution in [1.29, 1.82) is 0 Å². The molecule has 0 bridgehead atoms. The van der Waals surface area contributed by atoms with E-state index in [2.05, 4.69) is 18.3 Å². The molecule has 0 saturated heterocycles. The van der Waals surface area contributed by atoms with E-state index in [0.717, 1.165) is 25.3 Å². The van der Waals surface area contributed by atoms with Gasteiger partial charge in [-0.25, -0.2) is 8.42 Å². The standard InChI is InChI=1S/C15H25NO3S/c1-3-9-16-13-14-7-5-8-15(12-14)19-10-6-11-20(17,18)4-2/h5,7-8,12,16H,3-4,6,9-11,13H2,1-2H3. The highest BCUT2D eigenvalue weighted by molar-refractivity contribution is 7.91. The van der Waals surface area contributed by atoms with Gasteiger partial charge in [0.1, 0.15) is 15.6 Å². The fourth-order valence-corrected chi connectivity index (χ4v) is 2.61. The van der Waals surface area contributed by atoms with E-state index in [1.807, 2.05) is 18.2 Å². The van der Waals surface area contributed by atoms with E-state index in [0.29, 0.717) is 13.0 Å². The Labute approximate surface area is 122 Å². The van der Waals surface area contributed by atoms with Gasteiger partial charge in [0, 0.05) is 12.3 Å². The lowest BCUT2D eigenvalue weighted by Crippen LogP contribution is -2.14. The van der Waals surface area contributed by atoms with Gasteiger partial charge in [0.15, 0.2) is 0 Å². The Morgan fingerprint density at radius 3 is 2.75 bits per heavy atom. The van der Waals surface area contributed by atoms with Crippen LogP contribution in [0.2, 0.25) is 0 Å². The topological polar surface area (TPSA) is 55.4 Å². The number of benzene rings is 1. The molecular weight excluding hydrogens is 274 g/mol. The lowest BCUT2D eigenvalue weighted by atomic mass is 10.2. The van der Waals surface area contributed by atoms with Gasteiger partial charge in [-0.15, -0.1) is 0 Å². The van der Waals surface area contributed by atoms with Gasteiger partial charge in [-0.1, -0.05) is 26.0 Å². The number of hydrogen-bond donors (Lipinski definition) is 1. The Balaban J connectivity index is 2.35. The Bertz CT molecular complexity index is 486. The van der Waals surface area contributed by atoms with E-state index in [9.17, 15) is 8.42 Å². The van der Waals surface area contributed by atoms with Crippen molar-refractivity contribution in [3.63, 3.8) is 0 Å². The summed E-state index contributed by atoms with van der Waals surface area (Å²) in [5.41, 5.74) is 1.18. The van der Waals surface area contributed by atoms with Crippen molar-refractivity contribution in [3.8, 4) is 5.75 Å². The van der Waals surface area contributed by atoms with Gasteiger partial charge in [0.25, 0.3) is 0 Å². The Kier molecular flexibility index (Phi) is 7.62. The van der Waals surface area contributed by atoms with Crippen LogP contribution in [0, 0.1) is 0 Å². The van der Waals surface area contributed by atoms with Crippen molar-refractivity contribution in [1.82, 2.24) is 5.32 Å². The molecule has 1 aromatic rings. The van der Waals surface area contributed by atoms with E-state index in [-0.39, 0.29) is 11.5 Å². The van der Waals surface area contributed by atoms with Gasteiger partial charge < -0.3 is 10.1 Å². The molecule has 114 valence electrons. The van der Waals surface area contributed by atoms with Crippen LogP contribution in [0.1, 0.15) is 32.3 Å². The van der Waals surface area contributed by atoms with Crippen LogP contribution in [0.4, 0.5) is 0 Å². The maximum Gasteiger partial charge on any atom is 0.150 e. The minimum atomic E-state index is -2.89. The van der Waals surface area contributed by atoms with Gasteiger partial charge in [-0.2, -0.15) is 0 Å². The van der Waals surface area contributed by atoms with Crippen LogP contribution < -0.4 is 10.1 Å². The summed E-state index contributed by atoms with van der Waals surface area (Å²) in [5, 5.41) is 3.34. The first-order chi connectivity index (χ1) is 9.57. The molecule has 0 aromatic heterocycles. The molecule has 0 fully saturated rings. The zero-order chi connectivity index (χ0) is 14.8. The molecule has 0 amide bonds. The van der Waals surface area contributed by atoms with E-state index in [4.69, 9.17) is 4.74 Å². The molecule has 0 unspecified atom stereocenters. The number of ether oxygens (including phenoxy) is 1. The molecule has 1 aromatic carbocycles. The highest BCUT2D eigenvalue weighted by atomic mass is 32.2. The lowest BCUT2D eigenvalue weighted by Gasteiger charge is -2.08. The fourth-order valence-electron chi connectivity index (χ4n) is 1.77. The first kappa shape index (κ1) is 17.0. The highest BCUT2D eigenvalue weighted by Crippen LogP contribution is 2.13. The summed E-state index contributed by atoms with van der Waals surface area (Å²) in [6.45, 7) is 6.07. The van der Waals surface area contributed by atoms with Crippen molar-refractivity contribution in [2.24, 2.45) is 0 Å². The Hall–Kier alpha value is -1.07. The quantitative estimate of drug-likeness (QED) is 0.674. The largest absolute Gasteiger partial charge is 0.494 e. The van der Waals surface area contributed by atoms with Crippen LogP contribution >= 0.6 is 0 Å². The maximum atomic E-state index is 11.3. The smallest absolute Gasteiger partial charge is 0.150 e. The summed E-state index contributed by atoms with van der Waals surface area (Å²) in [4.78, 5) is 0. The van der Waals surface area contributed by atoms with Gasteiger partial charge in [0.05, 0.1) is 12.4 Å². The molecule has 20 heavy (non-hydrogen) atoms. The zero-order valence-corrected chi connectivity index (χ0v) is 13.2. The van der Waals surface area contributed by atoms with Gasteiger partial charge in [-0.3, -0.25) is 0 Å². The molecule has 0 saturated carbocycles. The van der Waals surface area contributed by atoms with Crippen LogP contribution in [0.15, 0.2) is 24.3 Å². The first-order valence-corrected chi connectivity index (χ1v) is 9.02. The summed E-state index contributed by atoms with van der Waals surface area (Å²) >= 11 is 0. The molecule has 0 aliphatic heterocycles. The van der Waals surface area contributed by atoms with Crippen molar-refractivity contribution < 1.29 is 13.2 Å². The van der Waals surface area contributed by atoms with Crippen LogP contribution in [-0.2, 0) is 16.4 Å². The van der Waals surface area contributed by atoms with E-state index in [1.54, 1.807) is 6.92 Å². The number of rotatable bonds is 10. The van der Waals surface area contributed by atoms with Crippen molar-refractivity contribution in [2.45, 2.75) is 33.2 Å². The zero-order valence-electron chi connectivity index (χ0n) is 12.4. The van der Waals surface area contributed by atoms with Gasteiger partial charge in [0.2, 0.25) is 0 Å². The Morgan fingerprint density at radius 1 is 1.25 bits per heavy atom. The van der Waals surface area contributed by atoms with Crippen molar-refractivity contribution >= 4 is 9.84 Å². The first-order valence-electron chi connectivity index (χ1n) is 7.20. The second-order valence-corrected chi connectivity index (χ2v) is 7.24. The van der Waals surface area contributed by atoms with E-state index < -0.39 is 9.84 Å². The molecule has 0 aliphatic rings. The molecule has 5 heteroatoms. The minimum absolute atomic E-state index is 0.196. The van der Waals surface area contributed by atoms with Crippen molar-refractivity contribution in [2.75, 3.05) is 24.7 Å². The molecule has 0 atom stereocenters. The third-order valence-electron chi connectivity index (χ3n) is 2.96. The molecule has 0 aliphatic carbocycles. The highest BCUT2D eigenvalue weighted by Gasteiger charge is 2.06. The summed E-state index contributed by atoms with van der Waals surface area (Å²) in [7, 11) is -2.89. The second kappa shape index (κ2) is 8.97. The summed E-state index contributed by atoms with van der Waals surface area (Å²) in [5.74, 6) is 1.20. The van der Waals surface area contributed by atoms with Crippen molar-refractivity contribution in [3.05, 3.63) is 29.8 Å². The molecular formula is C15H25NO3S. The summed E-state index contributed by atoms with van der Waals surface area (Å²) in [6.07, 6.45) is 1.65. The minimum Gasteiger partial charge on any atom is -0.494 e. The van der Waals surface area contributed by atoms with Crippen LogP contribution in [0.25, 0.3) is 0 Å². The van der Waals surface area contributed by atoms with Crippen LogP contribution in [-0.4, -0.2) is 33.1 Å². The fraction of sp³-hybridized carbons (Fsp3) is 0.600. The third-order valence-corrected chi connectivity index (χ3v) is 4.75.